The molecule has 0 amide bonds. The maximum Gasteiger partial charge on any atom is 0.162 e. The fraction of sp³-hybridized carbons (Fsp3) is 0.846. The Hall–Kier alpha value is -0.680. The maximum atomic E-state index is 9.71. The molecule has 0 saturated carbocycles. The van der Waals surface area contributed by atoms with Gasteiger partial charge in [-0.2, -0.15) is 0 Å². The Morgan fingerprint density at radius 1 is 1.16 bits per heavy atom. The number of hydrogen-bond donors (Lipinski definition) is 2. The molecule has 0 aliphatic carbocycles. The predicted octanol–water partition coefficient (Wildman–Crippen LogP) is -0.229. The number of hydrogen-bond acceptors (Lipinski definition) is 6. The molecule has 112 valence electrons. The Balaban J connectivity index is 5.01. The van der Waals surface area contributed by atoms with Gasteiger partial charge in [0.25, 0.3) is 0 Å². The molecule has 4 unspecified atom stereocenters. The van der Waals surface area contributed by atoms with Crippen molar-refractivity contribution in [2.24, 2.45) is 0 Å². The van der Waals surface area contributed by atoms with Crippen LogP contribution in [0.15, 0.2) is 0 Å². The maximum absolute atomic E-state index is 9.71. The summed E-state index contributed by atoms with van der Waals surface area (Å²) in [7, 11) is 4.30. The first-order valence-electron chi connectivity index (χ1n) is 5.90. The van der Waals surface area contributed by atoms with Gasteiger partial charge in [0.05, 0.1) is 6.61 Å². The topological polar surface area (TPSA) is 77.4 Å². The van der Waals surface area contributed by atoms with Crippen LogP contribution < -0.4 is 0 Å². The highest BCUT2D eigenvalue weighted by molar-refractivity contribution is 5.01. The van der Waals surface area contributed by atoms with E-state index in [0.717, 1.165) is 0 Å². The van der Waals surface area contributed by atoms with Gasteiger partial charge in [0.15, 0.2) is 5.79 Å². The van der Waals surface area contributed by atoms with Crippen molar-refractivity contribution in [3.8, 4) is 12.3 Å². The van der Waals surface area contributed by atoms with Crippen LogP contribution in [-0.2, 0) is 18.9 Å². The van der Waals surface area contributed by atoms with Crippen molar-refractivity contribution >= 4 is 0 Å². The number of terminal acetylenes is 1. The van der Waals surface area contributed by atoms with E-state index in [1.165, 1.54) is 21.3 Å². The van der Waals surface area contributed by atoms with Gasteiger partial charge in [-0.3, -0.25) is 0 Å². The number of ether oxygens (including phenoxy) is 4. The van der Waals surface area contributed by atoms with Crippen LogP contribution in [0.4, 0.5) is 0 Å². The summed E-state index contributed by atoms with van der Waals surface area (Å²) in [5.41, 5.74) is 0. The van der Waals surface area contributed by atoms with E-state index in [4.69, 9.17) is 25.4 Å². The third-order valence-corrected chi connectivity index (χ3v) is 2.82. The van der Waals surface area contributed by atoms with E-state index >= 15 is 0 Å². The van der Waals surface area contributed by atoms with Gasteiger partial charge >= 0.3 is 0 Å². The molecule has 0 spiro atoms. The highest BCUT2D eigenvalue weighted by Gasteiger charge is 2.37. The average molecular weight is 276 g/mol. The molecule has 0 fully saturated rings. The third-order valence-electron chi connectivity index (χ3n) is 2.82. The van der Waals surface area contributed by atoms with E-state index in [9.17, 15) is 10.2 Å². The van der Waals surface area contributed by atoms with E-state index in [0.29, 0.717) is 0 Å². The van der Waals surface area contributed by atoms with Crippen molar-refractivity contribution in [1.82, 2.24) is 0 Å². The molecule has 6 heteroatoms. The van der Waals surface area contributed by atoms with Crippen molar-refractivity contribution in [3.63, 3.8) is 0 Å². The number of rotatable bonds is 9. The summed E-state index contributed by atoms with van der Waals surface area (Å²) in [5, 5.41) is 19.1. The van der Waals surface area contributed by atoms with Crippen LogP contribution in [0.3, 0.4) is 0 Å². The van der Waals surface area contributed by atoms with Crippen molar-refractivity contribution in [3.05, 3.63) is 0 Å². The zero-order chi connectivity index (χ0) is 15.1. The van der Waals surface area contributed by atoms with E-state index in [2.05, 4.69) is 5.92 Å². The first kappa shape index (κ1) is 18.3. The Labute approximate surface area is 114 Å². The lowest BCUT2D eigenvalue weighted by Crippen LogP contribution is -2.51. The van der Waals surface area contributed by atoms with Gasteiger partial charge in [-0.1, -0.05) is 5.92 Å². The van der Waals surface area contributed by atoms with E-state index in [1.807, 2.05) is 0 Å². The van der Waals surface area contributed by atoms with Crippen molar-refractivity contribution in [2.75, 3.05) is 27.9 Å². The molecule has 0 aromatic carbocycles. The zero-order valence-corrected chi connectivity index (χ0v) is 12.1. The molecule has 0 aromatic heterocycles. The Morgan fingerprint density at radius 3 is 2.00 bits per heavy atom. The van der Waals surface area contributed by atoms with Gasteiger partial charge in [0.1, 0.15) is 24.4 Å². The van der Waals surface area contributed by atoms with Crippen LogP contribution in [0.5, 0.6) is 0 Å². The first-order valence-corrected chi connectivity index (χ1v) is 5.90. The highest BCUT2D eigenvalue weighted by Crippen LogP contribution is 2.20. The average Bonchev–Trinajstić information content (AvgIpc) is 2.41. The Morgan fingerprint density at radius 2 is 1.68 bits per heavy atom. The van der Waals surface area contributed by atoms with Crippen molar-refractivity contribution in [1.29, 1.82) is 0 Å². The molecule has 0 aliphatic rings. The smallest absolute Gasteiger partial charge is 0.162 e. The lowest BCUT2D eigenvalue weighted by molar-refractivity contribution is -0.261. The van der Waals surface area contributed by atoms with Crippen LogP contribution in [0.25, 0.3) is 0 Å². The van der Waals surface area contributed by atoms with Crippen LogP contribution in [0.2, 0.25) is 0 Å². The quantitative estimate of drug-likeness (QED) is 0.447. The highest BCUT2D eigenvalue weighted by atomic mass is 16.7. The van der Waals surface area contributed by atoms with E-state index in [1.54, 1.807) is 13.8 Å². The summed E-state index contributed by atoms with van der Waals surface area (Å²) < 4.78 is 21.1. The SMILES string of the molecule is C#CC(O)C(OC)C(OC)C(CO)OC(C)(C)OC. The molecule has 2 N–H and O–H groups in total. The summed E-state index contributed by atoms with van der Waals surface area (Å²) in [6.45, 7) is 3.06. The van der Waals surface area contributed by atoms with Gasteiger partial charge < -0.3 is 29.2 Å². The zero-order valence-electron chi connectivity index (χ0n) is 12.1. The second kappa shape index (κ2) is 8.48. The first-order chi connectivity index (χ1) is 8.86. The minimum Gasteiger partial charge on any atom is -0.394 e. The summed E-state index contributed by atoms with van der Waals surface area (Å²) in [6.07, 6.45) is 1.69. The summed E-state index contributed by atoms with van der Waals surface area (Å²) in [5.74, 6) is 1.26. The molecule has 0 radical (unpaired) electrons. The minimum atomic E-state index is -1.17. The Bertz CT molecular complexity index is 285. The number of aliphatic hydroxyl groups is 2. The molecular formula is C13H24O6. The monoisotopic (exact) mass is 276 g/mol. The second-order valence-electron chi connectivity index (χ2n) is 4.45. The molecular weight excluding hydrogens is 252 g/mol. The molecule has 0 bridgehead atoms. The molecule has 0 heterocycles. The van der Waals surface area contributed by atoms with Gasteiger partial charge in [-0.05, 0) is 13.8 Å². The number of aliphatic hydroxyl groups excluding tert-OH is 2. The van der Waals surface area contributed by atoms with Gasteiger partial charge in [0.2, 0.25) is 0 Å². The lowest BCUT2D eigenvalue weighted by Gasteiger charge is -2.36. The van der Waals surface area contributed by atoms with Gasteiger partial charge in [0, 0.05) is 21.3 Å². The van der Waals surface area contributed by atoms with E-state index < -0.39 is 30.2 Å². The fourth-order valence-electron chi connectivity index (χ4n) is 1.66. The standard InChI is InChI=1S/C13H24O6/c1-7-9(15)11(16-4)12(17-5)10(8-14)19-13(2,3)18-6/h1,9-12,14-15H,8H2,2-6H3. The molecule has 0 aromatic rings. The van der Waals surface area contributed by atoms with E-state index in [-0.39, 0.29) is 6.61 Å². The van der Waals surface area contributed by atoms with Crippen molar-refractivity contribution in [2.45, 2.75) is 44.1 Å². The largest absolute Gasteiger partial charge is 0.394 e. The van der Waals surface area contributed by atoms with Crippen LogP contribution in [0.1, 0.15) is 13.8 Å². The lowest BCUT2D eigenvalue weighted by atomic mass is 10.0. The molecule has 0 rings (SSSR count). The molecule has 0 aliphatic heterocycles. The fourth-order valence-corrected chi connectivity index (χ4v) is 1.66. The normalized spacial score (nSPS) is 18.4. The van der Waals surface area contributed by atoms with Gasteiger partial charge in [-0.25, -0.2) is 0 Å². The Kier molecular flexibility index (Phi) is 8.18. The molecule has 6 nitrogen and oxygen atoms in total. The van der Waals surface area contributed by atoms with Crippen LogP contribution in [0, 0.1) is 12.3 Å². The minimum absolute atomic E-state index is 0.331. The molecule has 19 heavy (non-hydrogen) atoms. The summed E-state index contributed by atoms with van der Waals surface area (Å²) in [4.78, 5) is 0. The van der Waals surface area contributed by atoms with Crippen LogP contribution >= 0.6 is 0 Å². The second-order valence-corrected chi connectivity index (χ2v) is 4.45. The third kappa shape index (κ3) is 5.45. The predicted molar refractivity (Wildman–Crippen MR) is 69.5 cm³/mol. The molecule has 0 saturated heterocycles. The van der Waals surface area contributed by atoms with Crippen LogP contribution in [-0.4, -0.2) is 68.4 Å². The van der Waals surface area contributed by atoms with Gasteiger partial charge in [-0.15, -0.1) is 6.42 Å². The summed E-state index contributed by atoms with van der Waals surface area (Å²) in [6, 6.07) is 0. The molecule has 4 atom stereocenters. The van der Waals surface area contributed by atoms with Crippen molar-refractivity contribution < 1.29 is 29.2 Å². The number of methoxy groups -OCH3 is 3. The summed E-state index contributed by atoms with van der Waals surface area (Å²) >= 11 is 0.